The van der Waals surface area contributed by atoms with E-state index >= 15 is 0 Å². The number of aliphatic carboxylic acids is 1. The molecular weight excluding hydrogens is 252 g/mol. The summed E-state index contributed by atoms with van der Waals surface area (Å²) in [4.78, 5) is 13.6. The van der Waals surface area contributed by atoms with Crippen LogP contribution >= 0.6 is 0 Å². The number of carbonyl (C=O) groups is 1. The molecule has 1 aliphatic carbocycles. The molecule has 4 heteroatoms. The Morgan fingerprint density at radius 3 is 2.80 bits per heavy atom. The number of nitriles is 1. The number of rotatable bonds is 2. The van der Waals surface area contributed by atoms with Crippen LogP contribution in [0.5, 0.6) is 0 Å². The lowest BCUT2D eigenvalue weighted by molar-refractivity contribution is -0.138. The maximum atomic E-state index is 11.6. The van der Waals surface area contributed by atoms with Crippen molar-refractivity contribution in [3.05, 3.63) is 29.8 Å². The van der Waals surface area contributed by atoms with Crippen molar-refractivity contribution in [1.82, 2.24) is 0 Å². The number of fused-ring (bicyclic) bond motifs is 1. The van der Waals surface area contributed by atoms with Gasteiger partial charge < -0.3 is 10.0 Å². The van der Waals surface area contributed by atoms with Crippen LogP contribution in [0.2, 0.25) is 0 Å². The molecule has 1 aliphatic heterocycles. The van der Waals surface area contributed by atoms with Crippen LogP contribution in [-0.2, 0) is 4.79 Å². The first-order valence-electron chi connectivity index (χ1n) is 7.22. The first-order chi connectivity index (χ1) is 9.72. The first kappa shape index (κ1) is 13.0. The Balaban J connectivity index is 2.03. The number of para-hydroxylation sites is 1. The minimum atomic E-state index is -0.771. The minimum Gasteiger partial charge on any atom is -0.480 e. The molecule has 2 aliphatic rings. The van der Waals surface area contributed by atoms with Crippen LogP contribution in [0.4, 0.5) is 5.69 Å². The molecule has 1 N–H and O–H groups in total. The van der Waals surface area contributed by atoms with Gasteiger partial charge in [0.25, 0.3) is 0 Å². The number of nitrogens with zero attached hydrogens (tertiary/aromatic N) is 2. The lowest BCUT2D eigenvalue weighted by Gasteiger charge is -2.35. The summed E-state index contributed by atoms with van der Waals surface area (Å²) in [5.41, 5.74) is 1.36. The zero-order valence-corrected chi connectivity index (χ0v) is 11.3. The molecule has 0 spiro atoms. The Kier molecular flexibility index (Phi) is 3.35. The van der Waals surface area contributed by atoms with Crippen molar-refractivity contribution >= 4 is 11.7 Å². The third kappa shape index (κ3) is 2.03. The Labute approximate surface area is 118 Å². The number of anilines is 1. The normalized spacial score (nSPS) is 28.8. The predicted molar refractivity (Wildman–Crippen MR) is 75.4 cm³/mol. The number of hydrogen-bond acceptors (Lipinski definition) is 3. The number of carboxylic acids is 1. The van der Waals surface area contributed by atoms with Crippen molar-refractivity contribution in [3.63, 3.8) is 0 Å². The third-order valence-electron chi connectivity index (χ3n) is 4.68. The van der Waals surface area contributed by atoms with Gasteiger partial charge in [-0.2, -0.15) is 5.26 Å². The molecule has 20 heavy (non-hydrogen) atoms. The molecule has 1 aromatic carbocycles. The molecule has 4 nitrogen and oxygen atoms in total. The van der Waals surface area contributed by atoms with E-state index in [0.717, 1.165) is 24.9 Å². The summed E-state index contributed by atoms with van der Waals surface area (Å²) in [7, 11) is 0. The lowest BCUT2D eigenvalue weighted by atomic mass is 9.84. The summed E-state index contributed by atoms with van der Waals surface area (Å²) in [5, 5.41) is 18.8. The van der Waals surface area contributed by atoms with Crippen LogP contribution in [0, 0.1) is 17.2 Å². The molecule has 3 unspecified atom stereocenters. The molecule has 3 rings (SSSR count). The van der Waals surface area contributed by atoms with Gasteiger partial charge in [0.15, 0.2) is 0 Å². The van der Waals surface area contributed by atoms with Crippen LogP contribution in [0.3, 0.4) is 0 Å². The van der Waals surface area contributed by atoms with E-state index in [4.69, 9.17) is 0 Å². The van der Waals surface area contributed by atoms with E-state index in [0.29, 0.717) is 17.9 Å². The van der Waals surface area contributed by atoms with Gasteiger partial charge >= 0.3 is 5.97 Å². The van der Waals surface area contributed by atoms with Crippen LogP contribution in [0.25, 0.3) is 0 Å². The van der Waals surface area contributed by atoms with E-state index in [9.17, 15) is 15.2 Å². The summed E-state index contributed by atoms with van der Waals surface area (Å²) >= 11 is 0. The molecule has 1 saturated carbocycles. The van der Waals surface area contributed by atoms with Gasteiger partial charge in [-0.3, -0.25) is 0 Å². The van der Waals surface area contributed by atoms with E-state index in [1.165, 1.54) is 6.42 Å². The van der Waals surface area contributed by atoms with Gasteiger partial charge in [-0.1, -0.05) is 25.0 Å². The van der Waals surface area contributed by atoms with Crippen molar-refractivity contribution in [1.29, 1.82) is 5.26 Å². The van der Waals surface area contributed by atoms with E-state index in [1.54, 1.807) is 6.07 Å². The summed E-state index contributed by atoms with van der Waals surface area (Å²) in [6.45, 7) is 0. The molecule has 0 amide bonds. The largest absolute Gasteiger partial charge is 0.480 e. The van der Waals surface area contributed by atoms with E-state index < -0.39 is 12.0 Å². The lowest BCUT2D eigenvalue weighted by Crippen LogP contribution is -2.42. The fraction of sp³-hybridized carbons (Fsp3) is 0.500. The summed E-state index contributed by atoms with van der Waals surface area (Å²) in [6, 6.07) is 9.34. The van der Waals surface area contributed by atoms with Crippen molar-refractivity contribution in [2.24, 2.45) is 5.92 Å². The van der Waals surface area contributed by atoms with Gasteiger partial charge in [0, 0.05) is 6.04 Å². The molecule has 104 valence electrons. The van der Waals surface area contributed by atoms with E-state index in [2.05, 4.69) is 6.07 Å². The molecule has 1 saturated heterocycles. The Morgan fingerprint density at radius 2 is 2.05 bits per heavy atom. The maximum Gasteiger partial charge on any atom is 0.326 e. The Morgan fingerprint density at radius 1 is 1.30 bits per heavy atom. The topological polar surface area (TPSA) is 64.3 Å². The average Bonchev–Trinajstić information content (AvgIpc) is 2.86. The van der Waals surface area contributed by atoms with Crippen LogP contribution in [-0.4, -0.2) is 23.2 Å². The minimum absolute atomic E-state index is 0.277. The van der Waals surface area contributed by atoms with E-state index in [-0.39, 0.29) is 6.04 Å². The Bertz CT molecular complexity index is 564. The molecule has 2 fully saturated rings. The van der Waals surface area contributed by atoms with Gasteiger partial charge in [-0.15, -0.1) is 0 Å². The molecular formula is C16H18N2O2. The maximum absolute atomic E-state index is 11.6. The van der Waals surface area contributed by atoms with Crippen molar-refractivity contribution in [3.8, 4) is 6.07 Å². The standard InChI is InChI=1S/C16H18N2O2/c17-10-12-6-2-4-8-14(12)18-13-7-3-1-5-11(13)9-15(18)16(19)20/h2,4,6,8,11,13,15H,1,3,5,7,9H2,(H,19,20). The number of benzene rings is 1. The van der Waals surface area contributed by atoms with Crippen molar-refractivity contribution < 1.29 is 9.90 Å². The second-order valence-corrected chi connectivity index (χ2v) is 5.74. The zero-order chi connectivity index (χ0) is 14.1. The molecule has 1 aromatic rings. The smallest absolute Gasteiger partial charge is 0.326 e. The fourth-order valence-corrected chi connectivity index (χ4v) is 3.82. The summed E-state index contributed by atoms with van der Waals surface area (Å²) < 4.78 is 0. The number of hydrogen-bond donors (Lipinski definition) is 1. The molecule has 3 atom stereocenters. The first-order valence-corrected chi connectivity index (χ1v) is 7.22. The predicted octanol–water partition coefficient (Wildman–Crippen LogP) is 2.78. The van der Waals surface area contributed by atoms with Gasteiger partial charge in [-0.25, -0.2) is 4.79 Å². The van der Waals surface area contributed by atoms with Crippen LogP contribution in [0.1, 0.15) is 37.7 Å². The fourth-order valence-electron chi connectivity index (χ4n) is 3.82. The molecule has 1 heterocycles. The summed E-state index contributed by atoms with van der Waals surface area (Å²) in [5.74, 6) is -0.316. The van der Waals surface area contributed by atoms with Crippen LogP contribution in [0.15, 0.2) is 24.3 Å². The highest BCUT2D eigenvalue weighted by molar-refractivity contribution is 5.80. The second-order valence-electron chi connectivity index (χ2n) is 5.74. The highest BCUT2D eigenvalue weighted by Crippen LogP contribution is 2.43. The van der Waals surface area contributed by atoms with Gasteiger partial charge in [0.2, 0.25) is 0 Å². The third-order valence-corrected chi connectivity index (χ3v) is 4.68. The van der Waals surface area contributed by atoms with Crippen molar-refractivity contribution in [2.45, 2.75) is 44.2 Å². The van der Waals surface area contributed by atoms with Gasteiger partial charge in [0.1, 0.15) is 12.1 Å². The average molecular weight is 270 g/mol. The van der Waals surface area contributed by atoms with Gasteiger partial charge in [-0.05, 0) is 37.3 Å². The highest BCUT2D eigenvalue weighted by atomic mass is 16.4. The van der Waals surface area contributed by atoms with Crippen molar-refractivity contribution in [2.75, 3.05) is 4.90 Å². The molecule has 0 radical (unpaired) electrons. The Hall–Kier alpha value is -2.02. The SMILES string of the molecule is N#Cc1ccccc1N1C(C(=O)O)CC2CCCCC21. The zero-order valence-electron chi connectivity index (χ0n) is 11.3. The quantitative estimate of drug-likeness (QED) is 0.897. The molecule has 0 bridgehead atoms. The number of carboxylic acid groups (broad SMARTS) is 1. The van der Waals surface area contributed by atoms with Crippen LogP contribution < -0.4 is 4.90 Å². The molecule has 0 aromatic heterocycles. The highest BCUT2D eigenvalue weighted by Gasteiger charge is 2.45. The van der Waals surface area contributed by atoms with Gasteiger partial charge in [0.05, 0.1) is 11.3 Å². The second kappa shape index (κ2) is 5.16. The van der Waals surface area contributed by atoms with E-state index in [1.807, 2.05) is 23.1 Å². The monoisotopic (exact) mass is 270 g/mol. The summed E-state index contributed by atoms with van der Waals surface area (Å²) in [6.07, 6.45) is 5.20.